The van der Waals surface area contributed by atoms with Crippen LogP contribution in [0.3, 0.4) is 0 Å². The second-order valence-electron chi connectivity index (χ2n) is 4.21. The van der Waals surface area contributed by atoms with Crippen LogP contribution in [0.25, 0.3) is 0 Å². The summed E-state index contributed by atoms with van der Waals surface area (Å²) < 4.78 is 26.3. The Bertz CT molecular complexity index is 540. The van der Waals surface area contributed by atoms with E-state index in [1.165, 1.54) is 12.1 Å². The Morgan fingerprint density at radius 3 is 2.53 bits per heavy atom. The lowest BCUT2D eigenvalue weighted by atomic mass is 10.4. The maximum Gasteiger partial charge on any atom is 0.253 e. The van der Waals surface area contributed by atoms with Gasteiger partial charge in [0.05, 0.1) is 10.9 Å². The molecule has 0 aliphatic carbocycles. The predicted octanol–water partition coefficient (Wildman–Crippen LogP) is 1.94. The lowest BCUT2D eigenvalue weighted by molar-refractivity contribution is -0.121. The largest absolute Gasteiger partial charge is 0.353 e. The highest BCUT2D eigenvalue weighted by molar-refractivity contribution is 7.91. The van der Waals surface area contributed by atoms with Crippen LogP contribution in [-0.4, -0.2) is 37.8 Å². The van der Waals surface area contributed by atoms with Crippen molar-refractivity contribution >= 4 is 38.9 Å². The summed E-state index contributed by atoms with van der Waals surface area (Å²) in [5.41, 5.74) is 0. The molecular weight excluding hydrogens is 308 g/mol. The number of hydrogen-bond donors (Lipinski definition) is 1. The van der Waals surface area contributed by atoms with Gasteiger partial charge >= 0.3 is 0 Å². The van der Waals surface area contributed by atoms with Gasteiger partial charge in [0.25, 0.3) is 10.0 Å². The minimum absolute atomic E-state index is 0.0231. The van der Waals surface area contributed by atoms with Crippen LogP contribution >= 0.6 is 22.9 Å². The van der Waals surface area contributed by atoms with E-state index in [0.29, 0.717) is 4.34 Å². The van der Waals surface area contributed by atoms with Crippen LogP contribution in [0.1, 0.15) is 20.8 Å². The quantitative estimate of drug-likeness (QED) is 0.869. The number of nitrogens with one attached hydrogen (secondary N) is 1. The van der Waals surface area contributed by atoms with Crippen molar-refractivity contribution in [2.45, 2.75) is 31.0 Å². The highest BCUT2D eigenvalue weighted by Gasteiger charge is 2.26. The van der Waals surface area contributed by atoms with Crippen molar-refractivity contribution in [2.75, 3.05) is 13.1 Å². The molecule has 0 aliphatic rings. The number of carbonyl (C=O) groups is 1. The Morgan fingerprint density at radius 2 is 2.11 bits per heavy atom. The molecule has 0 saturated carbocycles. The number of halogens is 1. The lowest BCUT2D eigenvalue weighted by Crippen LogP contribution is -2.42. The number of carbonyl (C=O) groups excluding carboxylic acids is 1. The van der Waals surface area contributed by atoms with Gasteiger partial charge in [0, 0.05) is 12.6 Å². The van der Waals surface area contributed by atoms with E-state index in [9.17, 15) is 13.2 Å². The second kappa shape index (κ2) is 6.69. The molecule has 0 saturated heterocycles. The zero-order chi connectivity index (χ0) is 14.6. The fourth-order valence-corrected chi connectivity index (χ4v) is 4.50. The Labute approximate surface area is 122 Å². The number of sulfonamides is 1. The van der Waals surface area contributed by atoms with Gasteiger partial charge in [-0.15, -0.1) is 11.3 Å². The third-order valence-corrected chi connectivity index (χ3v) is 5.88. The molecule has 1 aromatic rings. The molecule has 1 aromatic heterocycles. The van der Waals surface area contributed by atoms with Crippen molar-refractivity contribution in [1.29, 1.82) is 0 Å². The molecular formula is C11H17ClN2O3S2. The average Bonchev–Trinajstić information content (AvgIpc) is 2.72. The SMILES string of the molecule is CCN(CC(=O)NC(C)C)S(=O)(=O)c1ccc(Cl)s1. The van der Waals surface area contributed by atoms with E-state index >= 15 is 0 Å². The summed E-state index contributed by atoms with van der Waals surface area (Å²) in [4.78, 5) is 11.7. The van der Waals surface area contributed by atoms with Gasteiger partial charge in [-0.3, -0.25) is 4.79 Å². The number of amides is 1. The van der Waals surface area contributed by atoms with Crippen LogP contribution in [0.5, 0.6) is 0 Å². The maximum atomic E-state index is 12.3. The van der Waals surface area contributed by atoms with Crippen molar-refractivity contribution < 1.29 is 13.2 Å². The molecule has 108 valence electrons. The summed E-state index contributed by atoms with van der Waals surface area (Å²) in [6.45, 7) is 5.37. The van der Waals surface area contributed by atoms with Gasteiger partial charge in [0.2, 0.25) is 5.91 Å². The standard InChI is InChI=1S/C11H17ClN2O3S2/c1-4-14(7-10(15)13-8(2)3)19(16,17)11-6-5-9(12)18-11/h5-6,8H,4,7H2,1-3H3,(H,13,15). The van der Waals surface area contributed by atoms with Gasteiger partial charge in [-0.1, -0.05) is 18.5 Å². The Hall–Kier alpha value is -0.630. The van der Waals surface area contributed by atoms with E-state index in [1.54, 1.807) is 6.92 Å². The van der Waals surface area contributed by atoms with Crippen LogP contribution in [0, 0.1) is 0 Å². The molecule has 5 nitrogen and oxygen atoms in total. The van der Waals surface area contributed by atoms with Gasteiger partial charge in [-0.2, -0.15) is 4.31 Å². The van der Waals surface area contributed by atoms with Gasteiger partial charge < -0.3 is 5.32 Å². The third-order valence-electron chi connectivity index (χ3n) is 2.27. The Morgan fingerprint density at radius 1 is 1.47 bits per heavy atom. The molecule has 1 rings (SSSR count). The molecule has 0 spiro atoms. The third kappa shape index (κ3) is 4.45. The first-order valence-corrected chi connectivity index (χ1v) is 8.45. The highest BCUT2D eigenvalue weighted by atomic mass is 35.5. The summed E-state index contributed by atoms with van der Waals surface area (Å²) in [7, 11) is -3.65. The minimum Gasteiger partial charge on any atom is -0.353 e. The number of rotatable bonds is 6. The van der Waals surface area contributed by atoms with E-state index in [2.05, 4.69) is 5.32 Å². The molecule has 0 atom stereocenters. The molecule has 19 heavy (non-hydrogen) atoms. The summed E-state index contributed by atoms with van der Waals surface area (Å²) >= 11 is 6.73. The molecule has 0 fully saturated rings. The first-order chi connectivity index (χ1) is 8.77. The van der Waals surface area contributed by atoms with E-state index in [0.717, 1.165) is 15.6 Å². The fraction of sp³-hybridized carbons (Fsp3) is 0.545. The molecule has 8 heteroatoms. The average molecular weight is 325 g/mol. The van der Waals surface area contributed by atoms with Crippen molar-refractivity contribution in [1.82, 2.24) is 9.62 Å². The fourth-order valence-electron chi connectivity index (χ4n) is 1.46. The molecule has 1 amide bonds. The molecule has 1 N–H and O–H groups in total. The molecule has 0 unspecified atom stereocenters. The van der Waals surface area contributed by atoms with Gasteiger partial charge in [0.1, 0.15) is 4.21 Å². The molecule has 0 aliphatic heterocycles. The molecule has 0 aromatic carbocycles. The molecule has 1 heterocycles. The van der Waals surface area contributed by atoms with E-state index in [-0.39, 0.29) is 29.2 Å². The van der Waals surface area contributed by atoms with Crippen LogP contribution in [0.4, 0.5) is 0 Å². The van der Waals surface area contributed by atoms with Crippen LogP contribution in [-0.2, 0) is 14.8 Å². The zero-order valence-electron chi connectivity index (χ0n) is 11.0. The monoisotopic (exact) mass is 324 g/mol. The van der Waals surface area contributed by atoms with Gasteiger partial charge in [-0.25, -0.2) is 8.42 Å². The number of thiophene rings is 1. The predicted molar refractivity (Wildman–Crippen MR) is 77.0 cm³/mol. The van der Waals surface area contributed by atoms with Crippen molar-refractivity contribution in [3.05, 3.63) is 16.5 Å². The lowest BCUT2D eigenvalue weighted by Gasteiger charge is -2.19. The molecule has 0 radical (unpaired) electrons. The molecule has 0 bridgehead atoms. The number of nitrogens with zero attached hydrogens (tertiary/aromatic N) is 1. The Balaban J connectivity index is 2.87. The summed E-state index contributed by atoms with van der Waals surface area (Å²) in [5, 5.41) is 2.67. The van der Waals surface area contributed by atoms with Crippen molar-refractivity contribution in [2.24, 2.45) is 0 Å². The maximum absolute atomic E-state index is 12.3. The highest BCUT2D eigenvalue weighted by Crippen LogP contribution is 2.27. The topological polar surface area (TPSA) is 66.5 Å². The van der Waals surface area contributed by atoms with Crippen LogP contribution in [0.2, 0.25) is 4.34 Å². The summed E-state index contributed by atoms with van der Waals surface area (Å²) in [6.07, 6.45) is 0. The van der Waals surface area contributed by atoms with Gasteiger partial charge in [-0.05, 0) is 26.0 Å². The van der Waals surface area contributed by atoms with E-state index in [1.807, 2.05) is 13.8 Å². The minimum atomic E-state index is -3.65. The van der Waals surface area contributed by atoms with Gasteiger partial charge in [0.15, 0.2) is 0 Å². The Kier molecular flexibility index (Phi) is 5.79. The second-order valence-corrected chi connectivity index (χ2v) is 8.09. The number of hydrogen-bond acceptors (Lipinski definition) is 4. The van der Waals surface area contributed by atoms with Crippen molar-refractivity contribution in [3.63, 3.8) is 0 Å². The van der Waals surface area contributed by atoms with Crippen molar-refractivity contribution in [3.8, 4) is 0 Å². The van der Waals surface area contributed by atoms with E-state index < -0.39 is 10.0 Å². The number of likely N-dealkylation sites (N-methyl/N-ethyl adjacent to an activating group) is 1. The summed E-state index contributed by atoms with van der Waals surface area (Å²) in [5.74, 6) is -0.317. The zero-order valence-corrected chi connectivity index (χ0v) is 13.4. The smallest absolute Gasteiger partial charge is 0.253 e. The van der Waals surface area contributed by atoms with Crippen LogP contribution < -0.4 is 5.32 Å². The first kappa shape index (κ1) is 16.4. The normalized spacial score (nSPS) is 12.1. The first-order valence-electron chi connectivity index (χ1n) is 5.82. The van der Waals surface area contributed by atoms with E-state index in [4.69, 9.17) is 11.6 Å². The van der Waals surface area contributed by atoms with Crippen LogP contribution in [0.15, 0.2) is 16.3 Å². The summed E-state index contributed by atoms with van der Waals surface area (Å²) in [6, 6.07) is 2.96.